The number of rotatable bonds is 5. The fourth-order valence-corrected chi connectivity index (χ4v) is 3.70. The second-order valence-corrected chi connectivity index (χ2v) is 7.57. The van der Waals surface area contributed by atoms with Crippen molar-refractivity contribution in [3.8, 4) is 11.3 Å². The quantitative estimate of drug-likeness (QED) is 0.720. The van der Waals surface area contributed by atoms with Crippen molar-refractivity contribution in [1.82, 2.24) is 15.2 Å². The van der Waals surface area contributed by atoms with Crippen LogP contribution in [0.2, 0.25) is 0 Å². The second kappa shape index (κ2) is 6.27. The molecule has 0 aliphatic heterocycles. The van der Waals surface area contributed by atoms with Crippen molar-refractivity contribution >= 4 is 11.6 Å². The van der Waals surface area contributed by atoms with Gasteiger partial charge in [0.15, 0.2) is 0 Å². The van der Waals surface area contributed by atoms with E-state index in [1.165, 1.54) is 31.3 Å². The fraction of sp³-hybridized carbons (Fsp3) is 0.450. The third-order valence-corrected chi connectivity index (χ3v) is 5.29. The van der Waals surface area contributed by atoms with E-state index in [1.807, 2.05) is 26.8 Å². The zero-order valence-electron chi connectivity index (χ0n) is 15.5. The van der Waals surface area contributed by atoms with Gasteiger partial charge in [0.05, 0.1) is 29.0 Å². The smallest absolute Gasteiger partial charge is 0.271 e. The van der Waals surface area contributed by atoms with E-state index in [4.69, 9.17) is 5.73 Å². The number of amides is 1. The number of nitrogens with two attached hydrogens (primary N) is 1. The Bertz CT molecular complexity index is 869. The number of carbonyl (C=O) groups excluding carboxylic acids is 1. The van der Waals surface area contributed by atoms with Crippen LogP contribution in [0.4, 0.5) is 5.69 Å². The van der Waals surface area contributed by atoms with Gasteiger partial charge in [0, 0.05) is 11.3 Å². The van der Waals surface area contributed by atoms with Gasteiger partial charge in [0.2, 0.25) is 0 Å². The third kappa shape index (κ3) is 3.11. The number of hydrogen-bond acceptors (Lipinski definition) is 4. The van der Waals surface area contributed by atoms with Crippen molar-refractivity contribution in [2.45, 2.75) is 46.5 Å². The van der Waals surface area contributed by atoms with Gasteiger partial charge in [-0.2, -0.15) is 5.10 Å². The number of aryl methyl sites for hydroxylation is 3. The Hall–Kier alpha value is -2.63. The summed E-state index contributed by atoms with van der Waals surface area (Å²) in [6, 6.07) is 1.94. The lowest BCUT2D eigenvalue weighted by atomic mass is 10.0. The van der Waals surface area contributed by atoms with Crippen molar-refractivity contribution in [1.29, 1.82) is 0 Å². The predicted molar refractivity (Wildman–Crippen MR) is 101 cm³/mol. The summed E-state index contributed by atoms with van der Waals surface area (Å²) in [5.74, 6) is 0.855. The van der Waals surface area contributed by atoms with Gasteiger partial charge in [-0.15, -0.1) is 0 Å². The minimum atomic E-state index is -0.205. The van der Waals surface area contributed by atoms with Gasteiger partial charge < -0.3 is 11.1 Å². The summed E-state index contributed by atoms with van der Waals surface area (Å²) in [5, 5.41) is 10.1. The molecule has 1 amide bonds. The Balaban J connectivity index is 1.56. The monoisotopic (exact) mass is 351 g/mol. The lowest BCUT2D eigenvalue weighted by Crippen LogP contribution is -2.23. The maximum atomic E-state index is 12.6. The summed E-state index contributed by atoms with van der Waals surface area (Å²) in [4.78, 5) is 17.2. The number of nitrogens with one attached hydrogen (secondary N) is 2. The predicted octanol–water partition coefficient (Wildman–Crippen LogP) is 3.37. The standard InChI is InChI=1S/C20H25N5O/c1-10-8-15(9-22-19(10)16-11(2)24-25-12(16)3)23-20(26)18(21)17(13-4-5-13)14-6-7-14/h8-9,13-14H,4-7,21H2,1-3H3,(H,23,26)(H,24,25). The van der Waals surface area contributed by atoms with Gasteiger partial charge in [-0.3, -0.25) is 14.9 Å². The molecule has 0 spiro atoms. The summed E-state index contributed by atoms with van der Waals surface area (Å²) in [5.41, 5.74) is 13.3. The van der Waals surface area contributed by atoms with Crippen LogP contribution >= 0.6 is 0 Å². The van der Waals surface area contributed by atoms with Crippen LogP contribution in [0.5, 0.6) is 0 Å². The van der Waals surface area contributed by atoms with Crippen LogP contribution in [-0.2, 0) is 4.79 Å². The van der Waals surface area contributed by atoms with Crippen molar-refractivity contribution in [3.63, 3.8) is 0 Å². The molecule has 2 aromatic rings. The Morgan fingerprint density at radius 2 is 1.85 bits per heavy atom. The van der Waals surface area contributed by atoms with Crippen LogP contribution in [0.3, 0.4) is 0 Å². The molecule has 0 saturated heterocycles. The van der Waals surface area contributed by atoms with Crippen LogP contribution in [-0.4, -0.2) is 21.1 Å². The highest BCUT2D eigenvalue weighted by Crippen LogP contribution is 2.49. The first-order valence-corrected chi connectivity index (χ1v) is 9.25. The van der Waals surface area contributed by atoms with E-state index in [2.05, 4.69) is 20.5 Å². The summed E-state index contributed by atoms with van der Waals surface area (Å²) >= 11 is 0. The van der Waals surface area contributed by atoms with E-state index < -0.39 is 0 Å². The van der Waals surface area contributed by atoms with Crippen LogP contribution in [0.1, 0.15) is 42.6 Å². The normalized spacial score (nSPS) is 16.4. The molecule has 0 radical (unpaired) electrons. The molecule has 0 unspecified atom stereocenters. The van der Waals surface area contributed by atoms with Crippen LogP contribution in [0.25, 0.3) is 11.3 Å². The molecule has 2 heterocycles. The highest BCUT2D eigenvalue weighted by Gasteiger charge is 2.39. The molecule has 0 atom stereocenters. The number of nitrogens with zero attached hydrogens (tertiary/aromatic N) is 2. The molecule has 2 fully saturated rings. The average Bonchev–Trinajstić information content (AvgIpc) is 3.51. The zero-order chi connectivity index (χ0) is 18.4. The SMILES string of the molecule is Cc1cc(NC(=O)C(N)=C(C2CC2)C2CC2)cnc1-c1c(C)n[nH]c1C. The molecule has 2 aliphatic carbocycles. The Labute approximate surface area is 153 Å². The number of carbonyl (C=O) groups is 1. The van der Waals surface area contributed by atoms with E-state index in [0.717, 1.165) is 28.2 Å². The number of H-pyrrole nitrogens is 1. The maximum Gasteiger partial charge on any atom is 0.271 e. The molecule has 4 N–H and O–H groups in total. The number of anilines is 1. The fourth-order valence-electron chi connectivity index (χ4n) is 3.70. The Morgan fingerprint density at radius 1 is 1.19 bits per heavy atom. The molecule has 0 bridgehead atoms. The largest absolute Gasteiger partial charge is 0.394 e. The van der Waals surface area contributed by atoms with Crippen LogP contribution in [0.15, 0.2) is 23.5 Å². The average molecular weight is 351 g/mol. The number of aromatic nitrogens is 3. The minimum absolute atomic E-state index is 0.205. The molecular weight excluding hydrogens is 326 g/mol. The third-order valence-electron chi connectivity index (χ3n) is 5.29. The summed E-state index contributed by atoms with van der Waals surface area (Å²) in [6.07, 6.45) is 6.35. The summed E-state index contributed by atoms with van der Waals surface area (Å²) < 4.78 is 0. The number of hydrogen-bond donors (Lipinski definition) is 3. The lowest BCUT2D eigenvalue weighted by Gasteiger charge is -2.12. The lowest BCUT2D eigenvalue weighted by molar-refractivity contribution is -0.113. The molecule has 4 rings (SSSR count). The number of aromatic amines is 1. The number of pyridine rings is 1. The van der Waals surface area contributed by atoms with E-state index in [0.29, 0.717) is 23.2 Å². The molecule has 0 aromatic carbocycles. The Morgan fingerprint density at radius 3 is 2.35 bits per heavy atom. The van der Waals surface area contributed by atoms with Gasteiger partial charge in [-0.05, 0) is 75.5 Å². The molecule has 2 saturated carbocycles. The first-order chi connectivity index (χ1) is 12.5. The highest BCUT2D eigenvalue weighted by molar-refractivity contribution is 6.03. The highest BCUT2D eigenvalue weighted by atomic mass is 16.2. The van der Waals surface area contributed by atoms with Gasteiger partial charge in [0.1, 0.15) is 0 Å². The van der Waals surface area contributed by atoms with E-state index in [9.17, 15) is 4.79 Å². The molecule has 26 heavy (non-hydrogen) atoms. The molecule has 6 nitrogen and oxygen atoms in total. The number of allylic oxidation sites excluding steroid dienone is 1. The molecule has 136 valence electrons. The van der Waals surface area contributed by atoms with Crippen LogP contribution in [0, 0.1) is 32.6 Å². The Kier molecular flexibility index (Phi) is 4.05. The summed E-state index contributed by atoms with van der Waals surface area (Å²) in [6.45, 7) is 5.93. The second-order valence-electron chi connectivity index (χ2n) is 7.57. The van der Waals surface area contributed by atoms with Crippen molar-refractivity contribution in [2.75, 3.05) is 5.32 Å². The topological polar surface area (TPSA) is 96.7 Å². The minimum Gasteiger partial charge on any atom is -0.394 e. The van der Waals surface area contributed by atoms with Gasteiger partial charge in [-0.1, -0.05) is 0 Å². The van der Waals surface area contributed by atoms with Crippen molar-refractivity contribution in [2.24, 2.45) is 17.6 Å². The van der Waals surface area contributed by atoms with Gasteiger partial charge in [0.25, 0.3) is 5.91 Å². The van der Waals surface area contributed by atoms with Crippen molar-refractivity contribution in [3.05, 3.63) is 40.5 Å². The molecular formula is C20H25N5O. The zero-order valence-corrected chi connectivity index (χ0v) is 15.5. The van der Waals surface area contributed by atoms with Crippen molar-refractivity contribution < 1.29 is 4.79 Å². The first-order valence-electron chi connectivity index (χ1n) is 9.25. The van der Waals surface area contributed by atoms with Gasteiger partial charge >= 0.3 is 0 Å². The molecule has 6 heteroatoms. The van der Waals surface area contributed by atoms with E-state index in [-0.39, 0.29) is 5.91 Å². The van der Waals surface area contributed by atoms with E-state index in [1.54, 1.807) is 6.20 Å². The van der Waals surface area contributed by atoms with Crippen LogP contribution < -0.4 is 11.1 Å². The molecule has 2 aromatic heterocycles. The molecule has 2 aliphatic rings. The van der Waals surface area contributed by atoms with Gasteiger partial charge in [-0.25, -0.2) is 0 Å². The van der Waals surface area contributed by atoms with E-state index >= 15 is 0 Å². The first kappa shape index (κ1) is 16.8. The summed E-state index contributed by atoms with van der Waals surface area (Å²) in [7, 11) is 0. The maximum absolute atomic E-state index is 12.6.